The maximum atomic E-state index is 12.8. The Balaban J connectivity index is 2.12. The Hall–Kier alpha value is -3.38. The summed E-state index contributed by atoms with van der Waals surface area (Å²) in [5.41, 5.74) is 1.19. The molecule has 29 heavy (non-hydrogen) atoms. The molecule has 1 N–H and O–H groups in total. The number of hydrogen-bond acceptors (Lipinski definition) is 5. The zero-order chi connectivity index (χ0) is 20.8. The Morgan fingerprint density at radius 2 is 1.93 bits per heavy atom. The molecule has 0 radical (unpaired) electrons. The van der Waals surface area contributed by atoms with Crippen LogP contribution in [0.4, 0.5) is 0 Å². The lowest BCUT2D eigenvalue weighted by molar-refractivity contribution is -0.140. The van der Waals surface area contributed by atoms with E-state index in [4.69, 9.17) is 9.47 Å². The van der Waals surface area contributed by atoms with Gasteiger partial charge in [-0.15, -0.1) is 0 Å². The highest BCUT2D eigenvalue weighted by Gasteiger charge is 2.45. The molecule has 2 aromatic rings. The normalized spacial score (nSPS) is 18.1. The molecule has 6 heteroatoms. The largest absolute Gasteiger partial charge is 0.507 e. The molecule has 150 valence electrons. The Morgan fingerprint density at radius 3 is 2.62 bits per heavy atom. The predicted molar refractivity (Wildman–Crippen MR) is 109 cm³/mol. The first kappa shape index (κ1) is 20.4. The van der Waals surface area contributed by atoms with Crippen LogP contribution in [0.1, 0.15) is 17.2 Å². The molecule has 1 aliphatic rings. The number of amides is 1. The average Bonchev–Trinajstić information content (AvgIpc) is 3.01. The van der Waals surface area contributed by atoms with Gasteiger partial charge in [-0.05, 0) is 17.7 Å². The fourth-order valence-electron chi connectivity index (χ4n) is 3.33. The topological polar surface area (TPSA) is 76.1 Å². The van der Waals surface area contributed by atoms with Crippen molar-refractivity contribution in [1.82, 2.24) is 4.90 Å². The number of aliphatic hydroxyl groups excluding tert-OH is 1. The summed E-state index contributed by atoms with van der Waals surface area (Å²) in [6, 6.07) is 15.1. The summed E-state index contributed by atoms with van der Waals surface area (Å²) in [7, 11) is 1.53. The van der Waals surface area contributed by atoms with Gasteiger partial charge in [-0.1, -0.05) is 55.1 Å². The Kier molecular flexibility index (Phi) is 6.46. The van der Waals surface area contributed by atoms with Gasteiger partial charge in [0.05, 0.1) is 18.2 Å². The second-order valence-electron chi connectivity index (χ2n) is 6.52. The van der Waals surface area contributed by atoms with Gasteiger partial charge in [0, 0.05) is 19.2 Å². The van der Waals surface area contributed by atoms with Crippen LogP contribution in [0.15, 0.2) is 72.8 Å². The summed E-state index contributed by atoms with van der Waals surface area (Å²) in [6.07, 6.45) is 1.63. The number of nitrogens with zero attached hydrogens (tertiary/aromatic N) is 1. The summed E-state index contributed by atoms with van der Waals surface area (Å²) in [5, 5.41) is 10.9. The van der Waals surface area contributed by atoms with E-state index in [2.05, 4.69) is 6.58 Å². The molecule has 1 fully saturated rings. The SMILES string of the molecule is C=CCOc1cccc(C2C(=C(O)c3ccccc3)C(=O)C(=O)N2CCOC)c1. The summed E-state index contributed by atoms with van der Waals surface area (Å²) in [5.74, 6) is -1.00. The summed E-state index contributed by atoms with van der Waals surface area (Å²) < 4.78 is 10.7. The van der Waals surface area contributed by atoms with Crippen molar-refractivity contribution in [2.45, 2.75) is 6.04 Å². The number of hydrogen-bond donors (Lipinski definition) is 1. The molecule has 2 aromatic carbocycles. The molecule has 0 bridgehead atoms. The van der Waals surface area contributed by atoms with Gasteiger partial charge in [0.2, 0.25) is 0 Å². The van der Waals surface area contributed by atoms with E-state index in [0.717, 1.165) is 0 Å². The maximum absolute atomic E-state index is 12.8. The first-order valence-electron chi connectivity index (χ1n) is 9.25. The number of carbonyl (C=O) groups is 2. The van der Waals surface area contributed by atoms with Crippen LogP contribution in [0, 0.1) is 0 Å². The minimum Gasteiger partial charge on any atom is -0.507 e. The van der Waals surface area contributed by atoms with Gasteiger partial charge in [-0.25, -0.2) is 0 Å². The average molecular weight is 393 g/mol. The minimum atomic E-state index is -0.738. The second kappa shape index (κ2) is 9.21. The monoisotopic (exact) mass is 393 g/mol. The number of Topliss-reactive ketones (excluding diaryl/α,β-unsaturated/α-hetero) is 1. The van der Waals surface area contributed by atoms with Crippen LogP contribution in [-0.2, 0) is 14.3 Å². The van der Waals surface area contributed by atoms with Crippen molar-refractivity contribution in [2.75, 3.05) is 26.9 Å². The molecule has 0 aromatic heterocycles. The van der Waals surface area contributed by atoms with Crippen molar-refractivity contribution in [3.63, 3.8) is 0 Å². The van der Waals surface area contributed by atoms with E-state index in [9.17, 15) is 14.7 Å². The smallest absolute Gasteiger partial charge is 0.295 e. The van der Waals surface area contributed by atoms with Crippen LogP contribution < -0.4 is 4.74 Å². The molecular weight excluding hydrogens is 370 g/mol. The van der Waals surface area contributed by atoms with Crippen molar-refractivity contribution in [1.29, 1.82) is 0 Å². The number of carbonyl (C=O) groups excluding carboxylic acids is 2. The number of benzene rings is 2. The molecule has 0 saturated carbocycles. The van der Waals surface area contributed by atoms with E-state index in [0.29, 0.717) is 23.5 Å². The first-order chi connectivity index (χ1) is 14.1. The lowest BCUT2D eigenvalue weighted by Crippen LogP contribution is -2.32. The first-order valence-corrected chi connectivity index (χ1v) is 9.25. The van der Waals surface area contributed by atoms with Crippen LogP contribution in [0.25, 0.3) is 5.76 Å². The van der Waals surface area contributed by atoms with Crippen LogP contribution in [0.2, 0.25) is 0 Å². The Labute approximate surface area is 169 Å². The van der Waals surface area contributed by atoms with E-state index in [1.54, 1.807) is 54.6 Å². The maximum Gasteiger partial charge on any atom is 0.295 e. The highest BCUT2D eigenvalue weighted by molar-refractivity contribution is 6.46. The second-order valence-corrected chi connectivity index (χ2v) is 6.52. The van der Waals surface area contributed by atoms with E-state index >= 15 is 0 Å². The molecule has 1 atom stereocenters. The van der Waals surface area contributed by atoms with Crippen molar-refractivity contribution in [3.05, 3.63) is 84.0 Å². The van der Waals surface area contributed by atoms with Crippen LogP contribution in [0.5, 0.6) is 5.75 Å². The number of ketones is 1. The van der Waals surface area contributed by atoms with Crippen LogP contribution >= 0.6 is 0 Å². The van der Waals surface area contributed by atoms with E-state index < -0.39 is 17.7 Å². The molecular formula is C23H23NO5. The highest BCUT2D eigenvalue weighted by atomic mass is 16.5. The third-order valence-corrected chi connectivity index (χ3v) is 4.67. The summed E-state index contributed by atoms with van der Waals surface area (Å²) >= 11 is 0. The number of aliphatic hydroxyl groups is 1. The van der Waals surface area contributed by atoms with Gasteiger partial charge < -0.3 is 19.5 Å². The van der Waals surface area contributed by atoms with E-state index in [1.807, 2.05) is 6.07 Å². The molecule has 0 spiro atoms. The number of rotatable bonds is 8. The fraction of sp³-hybridized carbons (Fsp3) is 0.217. The van der Waals surface area contributed by atoms with E-state index in [-0.39, 0.29) is 24.5 Å². The zero-order valence-electron chi connectivity index (χ0n) is 16.2. The fourth-order valence-corrected chi connectivity index (χ4v) is 3.33. The molecule has 3 rings (SSSR count). The van der Waals surface area contributed by atoms with Crippen LogP contribution in [0.3, 0.4) is 0 Å². The van der Waals surface area contributed by atoms with Gasteiger partial charge in [-0.3, -0.25) is 9.59 Å². The quantitative estimate of drug-likeness (QED) is 0.322. The summed E-state index contributed by atoms with van der Waals surface area (Å²) in [6.45, 7) is 4.45. The van der Waals surface area contributed by atoms with Gasteiger partial charge in [-0.2, -0.15) is 0 Å². The standard InChI is InChI=1S/C23H23NO5/c1-3-13-29-18-11-7-10-17(15-18)20-19(21(25)16-8-5-4-6-9-16)22(26)23(27)24(20)12-14-28-2/h3-11,15,20,25H,1,12-14H2,2H3. The molecule has 6 nitrogen and oxygen atoms in total. The van der Waals surface area contributed by atoms with Crippen LogP contribution in [-0.4, -0.2) is 48.6 Å². The number of ether oxygens (including phenoxy) is 2. The van der Waals surface area contributed by atoms with Gasteiger partial charge >= 0.3 is 0 Å². The Bertz CT molecular complexity index is 935. The van der Waals surface area contributed by atoms with Crippen molar-refractivity contribution in [2.24, 2.45) is 0 Å². The van der Waals surface area contributed by atoms with Gasteiger partial charge in [0.25, 0.3) is 11.7 Å². The molecule has 1 heterocycles. The minimum absolute atomic E-state index is 0.0539. The molecule has 1 amide bonds. The molecule has 1 saturated heterocycles. The Morgan fingerprint density at radius 1 is 1.17 bits per heavy atom. The van der Waals surface area contributed by atoms with Crippen molar-refractivity contribution >= 4 is 17.4 Å². The third kappa shape index (κ3) is 4.22. The molecule has 1 aliphatic heterocycles. The van der Waals surface area contributed by atoms with Crippen molar-refractivity contribution < 1.29 is 24.2 Å². The van der Waals surface area contributed by atoms with E-state index in [1.165, 1.54) is 12.0 Å². The van der Waals surface area contributed by atoms with Crippen molar-refractivity contribution in [3.8, 4) is 5.75 Å². The van der Waals surface area contributed by atoms with Gasteiger partial charge in [0.15, 0.2) is 0 Å². The summed E-state index contributed by atoms with van der Waals surface area (Å²) in [4.78, 5) is 27.0. The lowest BCUT2D eigenvalue weighted by Gasteiger charge is -2.25. The zero-order valence-corrected chi connectivity index (χ0v) is 16.2. The lowest BCUT2D eigenvalue weighted by atomic mass is 9.95. The highest BCUT2D eigenvalue weighted by Crippen LogP contribution is 2.40. The third-order valence-electron chi connectivity index (χ3n) is 4.67. The predicted octanol–water partition coefficient (Wildman–Crippen LogP) is 3.32. The number of methoxy groups -OCH3 is 1. The molecule has 1 unspecified atom stereocenters. The molecule has 0 aliphatic carbocycles. The van der Waals surface area contributed by atoms with Gasteiger partial charge in [0.1, 0.15) is 18.1 Å². The number of likely N-dealkylation sites (tertiary alicyclic amines) is 1.